The van der Waals surface area contributed by atoms with Crippen molar-refractivity contribution < 1.29 is 9.72 Å². The van der Waals surface area contributed by atoms with E-state index in [1.807, 2.05) is 0 Å². The largest absolute Gasteiger partial charge is 0.382 e. The van der Waals surface area contributed by atoms with Gasteiger partial charge in [0.15, 0.2) is 11.5 Å². The van der Waals surface area contributed by atoms with Crippen molar-refractivity contribution in [1.29, 1.82) is 0 Å². The van der Waals surface area contributed by atoms with Crippen molar-refractivity contribution in [1.82, 2.24) is 15.3 Å². The first-order chi connectivity index (χ1) is 11.6. The fourth-order valence-corrected chi connectivity index (χ4v) is 2.28. The highest BCUT2D eigenvalue weighted by molar-refractivity contribution is 5.98. The van der Waals surface area contributed by atoms with Gasteiger partial charge in [-0.3, -0.25) is 14.9 Å². The lowest BCUT2D eigenvalue weighted by Gasteiger charge is -2.08. The van der Waals surface area contributed by atoms with E-state index in [0.29, 0.717) is 16.6 Å². The van der Waals surface area contributed by atoms with Gasteiger partial charge in [-0.25, -0.2) is 9.97 Å². The summed E-state index contributed by atoms with van der Waals surface area (Å²) in [6, 6.07) is 13.2. The molecule has 0 aliphatic heterocycles. The van der Waals surface area contributed by atoms with Crippen molar-refractivity contribution in [2.45, 2.75) is 6.54 Å². The molecule has 3 aromatic rings. The van der Waals surface area contributed by atoms with Gasteiger partial charge in [0.25, 0.3) is 11.6 Å². The Morgan fingerprint density at radius 1 is 1.08 bits per heavy atom. The maximum atomic E-state index is 12.3. The number of nitrogens with one attached hydrogen (secondary N) is 1. The summed E-state index contributed by atoms with van der Waals surface area (Å²) in [7, 11) is 0. The summed E-state index contributed by atoms with van der Waals surface area (Å²) in [5, 5.41) is 13.6. The second-order valence-electron chi connectivity index (χ2n) is 5.01. The van der Waals surface area contributed by atoms with Gasteiger partial charge in [-0.1, -0.05) is 30.3 Å². The van der Waals surface area contributed by atoms with Crippen LogP contribution >= 0.6 is 0 Å². The number of hydrogen-bond donors (Lipinski definition) is 2. The Bertz CT molecular complexity index is 942. The third kappa shape index (κ3) is 2.98. The number of nitrogens with zero attached hydrogens (tertiary/aromatic N) is 3. The zero-order chi connectivity index (χ0) is 17.1. The Kier molecular flexibility index (Phi) is 4.02. The van der Waals surface area contributed by atoms with Crippen LogP contribution in [0.15, 0.2) is 48.5 Å². The molecular formula is C16H13N5O3. The summed E-state index contributed by atoms with van der Waals surface area (Å²) in [6.45, 7) is -0.00999. The second-order valence-corrected chi connectivity index (χ2v) is 5.01. The molecule has 0 saturated carbocycles. The molecular weight excluding hydrogens is 310 g/mol. The van der Waals surface area contributed by atoms with Crippen molar-refractivity contribution in [3.05, 3.63) is 69.9 Å². The van der Waals surface area contributed by atoms with Crippen LogP contribution in [0.4, 0.5) is 11.5 Å². The van der Waals surface area contributed by atoms with Gasteiger partial charge >= 0.3 is 0 Å². The zero-order valence-electron chi connectivity index (χ0n) is 12.5. The minimum Gasteiger partial charge on any atom is -0.382 e. The van der Waals surface area contributed by atoms with Gasteiger partial charge in [0.1, 0.15) is 0 Å². The van der Waals surface area contributed by atoms with E-state index in [-0.39, 0.29) is 23.7 Å². The Hall–Kier alpha value is -3.55. The standard InChI is InChI=1S/C16H13N5O3/c17-15-14(19-11-6-2-3-7-12(11)20-15)16(22)18-9-10-5-1-4-8-13(10)21(23)24/h1-8H,9H2,(H2,17,20)(H,18,22). The molecule has 0 aliphatic carbocycles. The zero-order valence-corrected chi connectivity index (χ0v) is 12.5. The van der Waals surface area contributed by atoms with Gasteiger partial charge in [0.05, 0.1) is 16.0 Å². The number of carbonyl (C=O) groups is 1. The van der Waals surface area contributed by atoms with E-state index >= 15 is 0 Å². The SMILES string of the molecule is Nc1nc2ccccc2nc1C(=O)NCc1ccccc1[N+](=O)[O-]. The topological polar surface area (TPSA) is 124 Å². The van der Waals surface area contributed by atoms with Crippen LogP contribution in [0.1, 0.15) is 16.1 Å². The Balaban J connectivity index is 1.83. The molecule has 0 saturated heterocycles. The van der Waals surface area contributed by atoms with Crippen LogP contribution in [0.2, 0.25) is 0 Å². The van der Waals surface area contributed by atoms with E-state index in [4.69, 9.17) is 5.73 Å². The minimum absolute atomic E-state index is 0.00714. The lowest BCUT2D eigenvalue weighted by Crippen LogP contribution is -2.25. The summed E-state index contributed by atoms with van der Waals surface area (Å²) < 4.78 is 0. The molecule has 0 fully saturated rings. The molecule has 0 unspecified atom stereocenters. The fourth-order valence-electron chi connectivity index (χ4n) is 2.28. The van der Waals surface area contributed by atoms with E-state index in [1.54, 1.807) is 42.5 Å². The summed E-state index contributed by atoms with van der Waals surface area (Å²) in [4.78, 5) is 31.1. The highest BCUT2D eigenvalue weighted by Gasteiger charge is 2.17. The van der Waals surface area contributed by atoms with Gasteiger partial charge in [0.2, 0.25) is 0 Å². The van der Waals surface area contributed by atoms with E-state index in [2.05, 4.69) is 15.3 Å². The first kappa shape index (κ1) is 15.3. The van der Waals surface area contributed by atoms with Gasteiger partial charge < -0.3 is 11.1 Å². The number of para-hydroxylation sites is 3. The molecule has 0 aliphatic rings. The molecule has 3 N–H and O–H groups in total. The Morgan fingerprint density at radius 2 is 1.71 bits per heavy atom. The lowest BCUT2D eigenvalue weighted by atomic mass is 10.2. The van der Waals surface area contributed by atoms with Gasteiger partial charge in [-0.2, -0.15) is 0 Å². The molecule has 2 aromatic carbocycles. The predicted octanol–water partition coefficient (Wildman–Crippen LogP) is 2.05. The van der Waals surface area contributed by atoms with E-state index in [1.165, 1.54) is 6.07 Å². The van der Waals surface area contributed by atoms with Crippen LogP contribution in [0.5, 0.6) is 0 Å². The number of aromatic nitrogens is 2. The van der Waals surface area contributed by atoms with E-state index in [9.17, 15) is 14.9 Å². The molecule has 3 rings (SSSR count). The van der Waals surface area contributed by atoms with Crippen molar-refractivity contribution >= 4 is 28.4 Å². The average Bonchev–Trinajstić information content (AvgIpc) is 2.59. The van der Waals surface area contributed by atoms with Gasteiger partial charge in [-0.05, 0) is 12.1 Å². The normalized spacial score (nSPS) is 10.5. The van der Waals surface area contributed by atoms with Crippen LogP contribution in [-0.2, 0) is 6.54 Å². The number of anilines is 1. The van der Waals surface area contributed by atoms with Crippen molar-refractivity contribution in [2.24, 2.45) is 0 Å². The smallest absolute Gasteiger partial charge is 0.274 e. The van der Waals surface area contributed by atoms with Crippen molar-refractivity contribution in [3.8, 4) is 0 Å². The van der Waals surface area contributed by atoms with E-state index < -0.39 is 10.8 Å². The summed E-state index contributed by atoms with van der Waals surface area (Å²) in [5.41, 5.74) is 7.25. The molecule has 0 spiro atoms. The summed E-state index contributed by atoms with van der Waals surface area (Å²) in [5.74, 6) is -0.530. The number of nitro benzene ring substituents is 1. The first-order valence-corrected chi connectivity index (χ1v) is 7.09. The maximum Gasteiger partial charge on any atom is 0.274 e. The Morgan fingerprint density at radius 3 is 2.42 bits per heavy atom. The molecule has 120 valence electrons. The van der Waals surface area contributed by atoms with Gasteiger partial charge in [0, 0.05) is 18.2 Å². The molecule has 0 radical (unpaired) electrons. The first-order valence-electron chi connectivity index (χ1n) is 7.09. The number of hydrogen-bond acceptors (Lipinski definition) is 6. The second kappa shape index (κ2) is 6.29. The summed E-state index contributed by atoms with van der Waals surface area (Å²) >= 11 is 0. The van der Waals surface area contributed by atoms with Crippen LogP contribution < -0.4 is 11.1 Å². The predicted molar refractivity (Wildman–Crippen MR) is 88.2 cm³/mol. The van der Waals surface area contributed by atoms with Crippen LogP contribution in [0.25, 0.3) is 11.0 Å². The van der Waals surface area contributed by atoms with E-state index in [0.717, 1.165) is 0 Å². The fraction of sp³-hybridized carbons (Fsp3) is 0.0625. The molecule has 8 heteroatoms. The number of nitro groups is 1. The summed E-state index contributed by atoms with van der Waals surface area (Å²) in [6.07, 6.45) is 0. The van der Waals surface area contributed by atoms with Gasteiger partial charge in [-0.15, -0.1) is 0 Å². The molecule has 24 heavy (non-hydrogen) atoms. The number of rotatable bonds is 4. The van der Waals surface area contributed by atoms with Crippen LogP contribution in [0.3, 0.4) is 0 Å². The highest BCUT2D eigenvalue weighted by atomic mass is 16.6. The third-order valence-electron chi connectivity index (χ3n) is 3.44. The molecule has 8 nitrogen and oxygen atoms in total. The quantitative estimate of drug-likeness (QED) is 0.559. The number of benzene rings is 2. The number of nitrogen functional groups attached to an aromatic ring is 1. The molecule has 1 amide bonds. The Labute approximate surface area is 136 Å². The highest BCUT2D eigenvalue weighted by Crippen LogP contribution is 2.18. The number of fused-ring (bicyclic) bond motifs is 1. The number of amides is 1. The number of nitrogens with two attached hydrogens (primary N) is 1. The third-order valence-corrected chi connectivity index (χ3v) is 3.44. The van der Waals surface area contributed by atoms with Crippen molar-refractivity contribution in [2.75, 3.05) is 5.73 Å². The molecule has 1 heterocycles. The number of carbonyl (C=O) groups excluding carboxylic acids is 1. The average molecular weight is 323 g/mol. The van der Waals surface area contributed by atoms with Crippen LogP contribution in [-0.4, -0.2) is 20.8 Å². The monoisotopic (exact) mass is 323 g/mol. The minimum atomic E-state index is -0.538. The van der Waals surface area contributed by atoms with Crippen LogP contribution in [0, 0.1) is 10.1 Å². The maximum absolute atomic E-state index is 12.3. The molecule has 1 aromatic heterocycles. The lowest BCUT2D eigenvalue weighted by molar-refractivity contribution is -0.385. The van der Waals surface area contributed by atoms with Crippen molar-refractivity contribution in [3.63, 3.8) is 0 Å². The molecule has 0 bridgehead atoms. The molecule has 0 atom stereocenters.